The first-order chi connectivity index (χ1) is 7.66. The summed E-state index contributed by atoms with van der Waals surface area (Å²) in [5.41, 5.74) is 1.92. The van der Waals surface area contributed by atoms with Crippen molar-refractivity contribution < 1.29 is 4.39 Å². The van der Waals surface area contributed by atoms with Crippen LogP contribution in [-0.2, 0) is 7.05 Å². The smallest absolute Gasteiger partial charge is 0.129 e. The van der Waals surface area contributed by atoms with Crippen LogP contribution in [0.5, 0.6) is 0 Å². The Hall–Kier alpha value is -1.61. The van der Waals surface area contributed by atoms with Crippen molar-refractivity contribution in [2.45, 2.75) is 0 Å². The van der Waals surface area contributed by atoms with Crippen LogP contribution in [0, 0.1) is 5.82 Å². The summed E-state index contributed by atoms with van der Waals surface area (Å²) in [4.78, 5) is 4.04. The number of hydrogen-bond donors (Lipinski definition) is 0. The fourth-order valence-corrected chi connectivity index (χ4v) is 2.21. The zero-order valence-corrected chi connectivity index (χ0v) is 9.29. The Morgan fingerprint density at radius 2 is 1.94 bits per heavy atom. The fourth-order valence-electron chi connectivity index (χ4n) is 2.05. The third-order valence-corrected chi connectivity index (χ3v) is 3.03. The molecule has 3 aromatic rings. The molecular formula is C12H8ClFN2. The number of halogens is 2. The third kappa shape index (κ3) is 1.21. The van der Waals surface area contributed by atoms with Crippen molar-refractivity contribution >= 4 is 33.4 Å². The molecule has 2 aromatic heterocycles. The zero-order chi connectivity index (χ0) is 11.3. The predicted octanol–water partition coefficient (Wildman–Crippen LogP) is 3.52. The first kappa shape index (κ1) is 9.60. The van der Waals surface area contributed by atoms with Crippen LogP contribution in [0.2, 0.25) is 5.15 Å². The second-order valence-electron chi connectivity index (χ2n) is 3.74. The van der Waals surface area contributed by atoms with Crippen molar-refractivity contribution in [1.82, 2.24) is 9.55 Å². The van der Waals surface area contributed by atoms with Crippen LogP contribution in [0.3, 0.4) is 0 Å². The number of pyridine rings is 1. The van der Waals surface area contributed by atoms with Crippen LogP contribution in [0.15, 0.2) is 30.5 Å². The molecule has 0 fully saturated rings. The van der Waals surface area contributed by atoms with Gasteiger partial charge in [0.05, 0.1) is 11.7 Å². The molecule has 2 heterocycles. The normalized spacial score (nSPS) is 11.4. The van der Waals surface area contributed by atoms with Crippen LogP contribution >= 0.6 is 11.6 Å². The lowest BCUT2D eigenvalue weighted by molar-refractivity contribution is 0.629. The van der Waals surface area contributed by atoms with Gasteiger partial charge in [0, 0.05) is 23.3 Å². The molecule has 0 spiro atoms. The van der Waals surface area contributed by atoms with Crippen molar-refractivity contribution in [2.24, 2.45) is 7.05 Å². The topological polar surface area (TPSA) is 17.8 Å². The SMILES string of the molecule is Cn1c2ccc(F)cc2c2cc(Cl)ncc21. The molecule has 80 valence electrons. The number of aryl methyl sites for hydroxylation is 1. The summed E-state index contributed by atoms with van der Waals surface area (Å²) in [6.45, 7) is 0. The van der Waals surface area contributed by atoms with E-state index in [1.165, 1.54) is 12.1 Å². The van der Waals surface area contributed by atoms with Gasteiger partial charge < -0.3 is 4.57 Å². The molecule has 0 saturated carbocycles. The Kier molecular flexibility index (Phi) is 1.91. The maximum Gasteiger partial charge on any atom is 0.129 e. The molecule has 3 rings (SSSR count). The lowest BCUT2D eigenvalue weighted by atomic mass is 10.2. The van der Waals surface area contributed by atoms with E-state index in [0.717, 1.165) is 21.8 Å². The summed E-state index contributed by atoms with van der Waals surface area (Å²) in [7, 11) is 1.93. The van der Waals surface area contributed by atoms with Gasteiger partial charge in [-0.15, -0.1) is 0 Å². The van der Waals surface area contributed by atoms with Crippen LogP contribution < -0.4 is 0 Å². The molecule has 0 aliphatic heterocycles. The van der Waals surface area contributed by atoms with Gasteiger partial charge in [0.1, 0.15) is 11.0 Å². The number of rotatable bonds is 0. The van der Waals surface area contributed by atoms with Crippen molar-refractivity contribution in [3.05, 3.63) is 41.4 Å². The molecule has 0 bridgehead atoms. The molecule has 0 saturated heterocycles. The third-order valence-electron chi connectivity index (χ3n) is 2.82. The minimum Gasteiger partial charge on any atom is -0.342 e. The summed E-state index contributed by atoms with van der Waals surface area (Å²) in [5, 5.41) is 2.21. The van der Waals surface area contributed by atoms with Crippen molar-refractivity contribution in [3.8, 4) is 0 Å². The zero-order valence-electron chi connectivity index (χ0n) is 8.54. The van der Waals surface area contributed by atoms with E-state index in [1.807, 2.05) is 11.6 Å². The average molecular weight is 235 g/mol. The molecule has 0 aliphatic carbocycles. The summed E-state index contributed by atoms with van der Waals surface area (Å²) >= 11 is 5.85. The molecule has 0 amide bonds. The van der Waals surface area contributed by atoms with E-state index < -0.39 is 0 Å². The number of nitrogens with zero attached hydrogens (tertiary/aromatic N) is 2. The van der Waals surface area contributed by atoms with Gasteiger partial charge in [-0.3, -0.25) is 0 Å². The Bertz CT molecular complexity index is 644. The molecule has 0 atom stereocenters. The second-order valence-corrected chi connectivity index (χ2v) is 4.13. The van der Waals surface area contributed by atoms with Gasteiger partial charge >= 0.3 is 0 Å². The minimum absolute atomic E-state index is 0.243. The maximum atomic E-state index is 13.2. The van der Waals surface area contributed by atoms with Crippen molar-refractivity contribution in [1.29, 1.82) is 0 Å². The van der Waals surface area contributed by atoms with Gasteiger partial charge in [-0.25, -0.2) is 9.37 Å². The quantitative estimate of drug-likeness (QED) is 0.544. The Morgan fingerprint density at radius 3 is 2.75 bits per heavy atom. The van der Waals surface area contributed by atoms with E-state index in [2.05, 4.69) is 4.98 Å². The molecule has 0 radical (unpaired) electrons. The lowest BCUT2D eigenvalue weighted by Crippen LogP contribution is -1.87. The van der Waals surface area contributed by atoms with Crippen molar-refractivity contribution in [3.63, 3.8) is 0 Å². The van der Waals surface area contributed by atoms with E-state index in [4.69, 9.17) is 11.6 Å². The van der Waals surface area contributed by atoms with E-state index in [0.29, 0.717) is 5.15 Å². The summed E-state index contributed by atoms with van der Waals surface area (Å²) < 4.78 is 15.2. The highest BCUT2D eigenvalue weighted by atomic mass is 35.5. The standard InChI is InChI=1S/C12H8ClFN2/c1-16-10-3-2-7(14)4-8(10)9-5-12(13)15-6-11(9)16/h2-6H,1H3. The van der Waals surface area contributed by atoms with Gasteiger partial charge in [-0.05, 0) is 24.3 Å². The van der Waals surface area contributed by atoms with Crippen LogP contribution in [-0.4, -0.2) is 9.55 Å². The molecule has 0 aliphatic rings. The van der Waals surface area contributed by atoms with E-state index in [9.17, 15) is 4.39 Å². The number of aromatic nitrogens is 2. The largest absolute Gasteiger partial charge is 0.342 e. The van der Waals surface area contributed by atoms with Gasteiger partial charge in [0.2, 0.25) is 0 Å². The van der Waals surface area contributed by atoms with Crippen LogP contribution in [0.25, 0.3) is 21.8 Å². The molecular weight excluding hydrogens is 227 g/mol. The second kappa shape index (κ2) is 3.19. The number of benzene rings is 1. The maximum absolute atomic E-state index is 13.2. The molecule has 0 unspecified atom stereocenters. The highest BCUT2D eigenvalue weighted by molar-refractivity contribution is 6.30. The molecule has 4 heteroatoms. The van der Waals surface area contributed by atoms with Crippen LogP contribution in [0.1, 0.15) is 0 Å². The molecule has 2 nitrogen and oxygen atoms in total. The molecule has 16 heavy (non-hydrogen) atoms. The molecule has 0 N–H and O–H groups in total. The Morgan fingerprint density at radius 1 is 1.19 bits per heavy atom. The summed E-state index contributed by atoms with van der Waals surface area (Å²) in [6.07, 6.45) is 1.70. The lowest BCUT2D eigenvalue weighted by Gasteiger charge is -1.96. The van der Waals surface area contributed by atoms with Gasteiger partial charge in [-0.2, -0.15) is 0 Å². The minimum atomic E-state index is -0.243. The summed E-state index contributed by atoms with van der Waals surface area (Å²) in [5.74, 6) is -0.243. The Balaban J connectivity index is 2.60. The van der Waals surface area contributed by atoms with Crippen molar-refractivity contribution in [2.75, 3.05) is 0 Å². The van der Waals surface area contributed by atoms with Gasteiger partial charge in [-0.1, -0.05) is 11.6 Å². The highest BCUT2D eigenvalue weighted by Gasteiger charge is 2.09. The van der Waals surface area contributed by atoms with Gasteiger partial charge in [0.15, 0.2) is 0 Å². The van der Waals surface area contributed by atoms with E-state index in [-0.39, 0.29) is 5.82 Å². The first-order valence-corrected chi connectivity index (χ1v) is 5.24. The first-order valence-electron chi connectivity index (χ1n) is 4.86. The summed E-state index contributed by atoms with van der Waals surface area (Å²) in [6, 6.07) is 6.50. The van der Waals surface area contributed by atoms with E-state index >= 15 is 0 Å². The van der Waals surface area contributed by atoms with Crippen LogP contribution in [0.4, 0.5) is 4.39 Å². The predicted molar refractivity (Wildman–Crippen MR) is 63.2 cm³/mol. The average Bonchev–Trinajstić information content (AvgIpc) is 2.52. The van der Waals surface area contributed by atoms with E-state index in [1.54, 1.807) is 18.3 Å². The number of fused-ring (bicyclic) bond motifs is 3. The van der Waals surface area contributed by atoms with Gasteiger partial charge in [0.25, 0.3) is 0 Å². The Labute approximate surface area is 96.3 Å². The monoisotopic (exact) mass is 234 g/mol. The fraction of sp³-hybridized carbons (Fsp3) is 0.0833. The number of hydrogen-bond acceptors (Lipinski definition) is 1. The molecule has 1 aromatic carbocycles. The highest BCUT2D eigenvalue weighted by Crippen LogP contribution is 2.29.